The molecule has 1 heterocycles. The molecular formula is C11H25N3. The molecular weight excluding hydrogens is 174 g/mol. The van der Waals surface area contributed by atoms with E-state index < -0.39 is 0 Å². The zero-order valence-electron chi connectivity index (χ0n) is 9.71. The summed E-state index contributed by atoms with van der Waals surface area (Å²) in [7, 11) is 4.28. The van der Waals surface area contributed by atoms with Gasteiger partial charge in [0.15, 0.2) is 0 Å². The minimum Gasteiger partial charge on any atom is -0.330 e. The van der Waals surface area contributed by atoms with Gasteiger partial charge >= 0.3 is 0 Å². The van der Waals surface area contributed by atoms with Crippen molar-refractivity contribution >= 4 is 0 Å². The van der Waals surface area contributed by atoms with Crippen LogP contribution in [-0.2, 0) is 0 Å². The smallest absolute Gasteiger partial charge is 0.00106 e. The second-order valence-corrected chi connectivity index (χ2v) is 4.69. The summed E-state index contributed by atoms with van der Waals surface area (Å²) in [5.74, 6) is 0.874. The van der Waals surface area contributed by atoms with E-state index in [9.17, 15) is 0 Å². The van der Waals surface area contributed by atoms with E-state index in [-0.39, 0.29) is 0 Å². The first-order valence-electron chi connectivity index (χ1n) is 5.79. The Labute approximate surface area is 88.2 Å². The van der Waals surface area contributed by atoms with Crippen LogP contribution in [0.3, 0.4) is 0 Å². The molecule has 0 aliphatic carbocycles. The van der Waals surface area contributed by atoms with Crippen LogP contribution < -0.4 is 5.73 Å². The molecule has 1 aliphatic heterocycles. The molecule has 0 bridgehead atoms. The molecule has 2 N–H and O–H groups in total. The van der Waals surface area contributed by atoms with Gasteiger partial charge in [-0.3, -0.25) is 0 Å². The summed E-state index contributed by atoms with van der Waals surface area (Å²) in [6.45, 7) is 5.90. The van der Waals surface area contributed by atoms with Gasteiger partial charge in [0.05, 0.1) is 0 Å². The average Bonchev–Trinajstić information content (AvgIpc) is 2.53. The molecule has 0 saturated carbocycles. The summed E-state index contributed by atoms with van der Waals surface area (Å²) in [5.41, 5.74) is 5.57. The highest BCUT2D eigenvalue weighted by molar-refractivity contribution is 4.75. The van der Waals surface area contributed by atoms with E-state index in [1.807, 2.05) is 0 Å². The third-order valence-corrected chi connectivity index (χ3v) is 3.02. The highest BCUT2D eigenvalue weighted by atomic mass is 15.1. The lowest BCUT2D eigenvalue weighted by atomic mass is 10.1. The van der Waals surface area contributed by atoms with E-state index in [0.29, 0.717) is 0 Å². The summed E-state index contributed by atoms with van der Waals surface area (Å²) in [6.07, 6.45) is 3.87. The van der Waals surface area contributed by atoms with Gasteiger partial charge < -0.3 is 15.5 Å². The van der Waals surface area contributed by atoms with E-state index in [0.717, 1.165) is 12.5 Å². The summed E-state index contributed by atoms with van der Waals surface area (Å²) in [5, 5.41) is 0. The number of rotatable bonds is 6. The van der Waals surface area contributed by atoms with Gasteiger partial charge in [0.25, 0.3) is 0 Å². The van der Waals surface area contributed by atoms with Gasteiger partial charge in [-0.05, 0) is 65.5 Å². The van der Waals surface area contributed by atoms with Crippen LogP contribution in [0.25, 0.3) is 0 Å². The largest absolute Gasteiger partial charge is 0.330 e. The Kier molecular flexibility index (Phi) is 5.45. The third kappa shape index (κ3) is 4.40. The fraction of sp³-hybridized carbons (Fsp3) is 1.00. The van der Waals surface area contributed by atoms with Gasteiger partial charge in [0, 0.05) is 6.54 Å². The van der Waals surface area contributed by atoms with Crippen LogP contribution in [-0.4, -0.2) is 56.6 Å². The first-order valence-corrected chi connectivity index (χ1v) is 5.79. The molecule has 1 rings (SSSR count). The Morgan fingerprint density at radius 3 is 2.86 bits per heavy atom. The molecule has 0 aromatic carbocycles. The molecule has 3 nitrogen and oxygen atoms in total. The average molecular weight is 199 g/mol. The summed E-state index contributed by atoms with van der Waals surface area (Å²) in [6, 6.07) is 0. The van der Waals surface area contributed by atoms with Crippen LogP contribution in [0.2, 0.25) is 0 Å². The molecule has 0 radical (unpaired) electrons. The molecule has 1 fully saturated rings. The third-order valence-electron chi connectivity index (χ3n) is 3.02. The number of hydrogen-bond acceptors (Lipinski definition) is 3. The molecule has 1 unspecified atom stereocenters. The quantitative estimate of drug-likeness (QED) is 0.680. The fourth-order valence-electron chi connectivity index (χ4n) is 2.20. The van der Waals surface area contributed by atoms with E-state index in [1.165, 1.54) is 45.4 Å². The standard InChI is InChI=1S/C11H25N3/c1-13(2)7-3-8-14-9-5-11(10-14)4-6-12/h11H,3-10,12H2,1-2H3. The van der Waals surface area contributed by atoms with Gasteiger partial charge in [-0.25, -0.2) is 0 Å². The minimum atomic E-state index is 0.857. The van der Waals surface area contributed by atoms with Gasteiger partial charge in [-0.1, -0.05) is 0 Å². The van der Waals surface area contributed by atoms with Crippen molar-refractivity contribution in [2.75, 3.05) is 46.8 Å². The van der Waals surface area contributed by atoms with Crippen molar-refractivity contribution < 1.29 is 0 Å². The first-order chi connectivity index (χ1) is 6.72. The Hall–Kier alpha value is -0.120. The van der Waals surface area contributed by atoms with Crippen molar-refractivity contribution in [2.24, 2.45) is 11.7 Å². The Bertz CT molecular complexity index is 147. The number of likely N-dealkylation sites (tertiary alicyclic amines) is 1. The lowest BCUT2D eigenvalue weighted by Crippen LogP contribution is -2.25. The van der Waals surface area contributed by atoms with E-state index in [4.69, 9.17) is 5.73 Å². The monoisotopic (exact) mass is 199 g/mol. The first kappa shape index (κ1) is 12.0. The van der Waals surface area contributed by atoms with Crippen LogP contribution in [0.5, 0.6) is 0 Å². The molecule has 14 heavy (non-hydrogen) atoms. The van der Waals surface area contributed by atoms with Crippen molar-refractivity contribution in [3.05, 3.63) is 0 Å². The van der Waals surface area contributed by atoms with E-state index >= 15 is 0 Å². The van der Waals surface area contributed by atoms with E-state index in [2.05, 4.69) is 23.9 Å². The normalized spacial score (nSPS) is 23.6. The lowest BCUT2D eigenvalue weighted by molar-refractivity contribution is 0.292. The second kappa shape index (κ2) is 6.38. The van der Waals surface area contributed by atoms with Crippen LogP contribution in [0.15, 0.2) is 0 Å². The fourth-order valence-corrected chi connectivity index (χ4v) is 2.20. The molecule has 0 aromatic rings. The number of nitrogens with zero attached hydrogens (tertiary/aromatic N) is 2. The summed E-state index contributed by atoms with van der Waals surface area (Å²) >= 11 is 0. The molecule has 84 valence electrons. The van der Waals surface area contributed by atoms with Crippen LogP contribution in [0, 0.1) is 5.92 Å². The van der Waals surface area contributed by atoms with Crippen LogP contribution >= 0.6 is 0 Å². The predicted molar refractivity (Wildman–Crippen MR) is 61.4 cm³/mol. The zero-order valence-corrected chi connectivity index (χ0v) is 9.71. The molecule has 0 spiro atoms. The summed E-state index contributed by atoms with van der Waals surface area (Å²) in [4.78, 5) is 4.84. The Morgan fingerprint density at radius 1 is 1.43 bits per heavy atom. The van der Waals surface area contributed by atoms with Crippen molar-refractivity contribution in [1.82, 2.24) is 9.80 Å². The van der Waals surface area contributed by atoms with Crippen molar-refractivity contribution in [2.45, 2.75) is 19.3 Å². The summed E-state index contributed by atoms with van der Waals surface area (Å²) < 4.78 is 0. The molecule has 1 saturated heterocycles. The van der Waals surface area contributed by atoms with Gasteiger partial charge in [-0.2, -0.15) is 0 Å². The lowest BCUT2D eigenvalue weighted by Gasteiger charge is -2.17. The predicted octanol–water partition coefficient (Wildman–Crippen LogP) is 0.609. The topological polar surface area (TPSA) is 32.5 Å². The van der Waals surface area contributed by atoms with Crippen LogP contribution in [0.4, 0.5) is 0 Å². The van der Waals surface area contributed by atoms with Crippen molar-refractivity contribution in [1.29, 1.82) is 0 Å². The molecule has 1 aliphatic rings. The number of hydrogen-bond donors (Lipinski definition) is 1. The maximum atomic E-state index is 5.57. The highest BCUT2D eigenvalue weighted by Gasteiger charge is 2.20. The van der Waals surface area contributed by atoms with Crippen LogP contribution in [0.1, 0.15) is 19.3 Å². The van der Waals surface area contributed by atoms with Crippen molar-refractivity contribution in [3.8, 4) is 0 Å². The van der Waals surface area contributed by atoms with Gasteiger partial charge in [-0.15, -0.1) is 0 Å². The van der Waals surface area contributed by atoms with Crippen molar-refractivity contribution in [3.63, 3.8) is 0 Å². The molecule has 3 heteroatoms. The van der Waals surface area contributed by atoms with Gasteiger partial charge in [0.2, 0.25) is 0 Å². The maximum absolute atomic E-state index is 5.57. The molecule has 1 atom stereocenters. The SMILES string of the molecule is CN(C)CCCN1CCC(CCN)C1. The molecule has 0 aromatic heterocycles. The Balaban J connectivity index is 2.04. The second-order valence-electron chi connectivity index (χ2n) is 4.69. The Morgan fingerprint density at radius 2 is 2.21 bits per heavy atom. The minimum absolute atomic E-state index is 0.857. The maximum Gasteiger partial charge on any atom is 0.00106 e. The van der Waals surface area contributed by atoms with E-state index in [1.54, 1.807) is 0 Å². The highest BCUT2D eigenvalue weighted by Crippen LogP contribution is 2.18. The molecule has 0 amide bonds. The zero-order chi connectivity index (χ0) is 10.4. The van der Waals surface area contributed by atoms with Gasteiger partial charge in [0.1, 0.15) is 0 Å². The number of nitrogens with two attached hydrogens (primary N) is 1.